The number of allylic oxidation sites excluding steroid dienone is 10. The van der Waals surface area contributed by atoms with Gasteiger partial charge in [0.05, 0.1) is 25.4 Å². The van der Waals surface area contributed by atoms with E-state index in [1.54, 1.807) is 0 Å². The van der Waals surface area contributed by atoms with Gasteiger partial charge in [0.25, 0.3) is 0 Å². The molecular formula is C60H109NO8. The molecule has 6 N–H and O–H groups in total. The van der Waals surface area contributed by atoms with E-state index in [2.05, 4.69) is 79.9 Å². The molecule has 69 heavy (non-hydrogen) atoms. The molecule has 0 aliphatic carbocycles. The number of carbonyl (C=O) groups is 1. The fraction of sp³-hybridized carbons (Fsp3) is 0.817. The van der Waals surface area contributed by atoms with E-state index in [1.807, 2.05) is 0 Å². The van der Waals surface area contributed by atoms with Crippen LogP contribution in [0.2, 0.25) is 0 Å². The van der Waals surface area contributed by atoms with E-state index >= 15 is 0 Å². The van der Waals surface area contributed by atoms with Crippen molar-refractivity contribution in [2.75, 3.05) is 13.2 Å². The lowest BCUT2D eigenvalue weighted by molar-refractivity contribution is -0.302. The first kappa shape index (κ1) is 64.9. The van der Waals surface area contributed by atoms with Crippen molar-refractivity contribution < 1.29 is 39.8 Å². The molecule has 1 aliphatic heterocycles. The lowest BCUT2D eigenvalue weighted by Crippen LogP contribution is -2.60. The van der Waals surface area contributed by atoms with Crippen LogP contribution >= 0.6 is 0 Å². The van der Waals surface area contributed by atoms with E-state index in [0.29, 0.717) is 12.8 Å². The van der Waals surface area contributed by atoms with Crippen LogP contribution in [-0.4, -0.2) is 87.5 Å². The van der Waals surface area contributed by atoms with Gasteiger partial charge < -0.3 is 40.3 Å². The highest BCUT2D eigenvalue weighted by Crippen LogP contribution is 2.23. The second kappa shape index (κ2) is 49.5. The van der Waals surface area contributed by atoms with Crippen LogP contribution in [0.25, 0.3) is 0 Å². The summed E-state index contributed by atoms with van der Waals surface area (Å²) in [5.74, 6) is -0.147. The van der Waals surface area contributed by atoms with Crippen molar-refractivity contribution in [3.63, 3.8) is 0 Å². The van der Waals surface area contributed by atoms with Gasteiger partial charge in [-0.25, -0.2) is 0 Å². The Bertz CT molecular complexity index is 1270. The van der Waals surface area contributed by atoms with Crippen LogP contribution in [0.15, 0.2) is 60.8 Å². The molecule has 7 atom stereocenters. The van der Waals surface area contributed by atoms with Crippen molar-refractivity contribution in [1.29, 1.82) is 0 Å². The van der Waals surface area contributed by atoms with Gasteiger partial charge in [-0.1, -0.05) is 254 Å². The first-order valence-electron chi connectivity index (χ1n) is 29.0. The number of aliphatic hydroxyl groups is 5. The van der Waals surface area contributed by atoms with E-state index < -0.39 is 49.5 Å². The van der Waals surface area contributed by atoms with Gasteiger partial charge in [0.15, 0.2) is 6.29 Å². The van der Waals surface area contributed by atoms with Crippen molar-refractivity contribution in [1.82, 2.24) is 5.32 Å². The number of carbonyl (C=O) groups excluding carboxylic acids is 1. The zero-order valence-electron chi connectivity index (χ0n) is 44.6. The third-order valence-electron chi connectivity index (χ3n) is 13.6. The average molecular weight is 973 g/mol. The summed E-state index contributed by atoms with van der Waals surface area (Å²) >= 11 is 0. The minimum Gasteiger partial charge on any atom is -0.394 e. The largest absolute Gasteiger partial charge is 0.394 e. The summed E-state index contributed by atoms with van der Waals surface area (Å²) in [6, 6.07) is -0.724. The molecule has 1 heterocycles. The van der Waals surface area contributed by atoms with Crippen LogP contribution in [0, 0.1) is 0 Å². The highest BCUT2D eigenvalue weighted by Gasteiger charge is 2.44. The maximum absolute atomic E-state index is 13.1. The second-order valence-corrected chi connectivity index (χ2v) is 20.1. The third kappa shape index (κ3) is 39.1. The highest BCUT2D eigenvalue weighted by atomic mass is 16.7. The topological polar surface area (TPSA) is 149 Å². The van der Waals surface area contributed by atoms with E-state index in [9.17, 15) is 30.3 Å². The quantitative estimate of drug-likeness (QED) is 0.0261. The van der Waals surface area contributed by atoms with Gasteiger partial charge in [-0.3, -0.25) is 4.79 Å². The van der Waals surface area contributed by atoms with Gasteiger partial charge in [-0.2, -0.15) is 0 Å². The van der Waals surface area contributed by atoms with Gasteiger partial charge >= 0.3 is 0 Å². The second-order valence-electron chi connectivity index (χ2n) is 20.1. The van der Waals surface area contributed by atoms with E-state index in [-0.39, 0.29) is 12.5 Å². The first-order valence-corrected chi connectivity index (χ1v) is 29.0. The fourth-order valence-corrected chi connectivity index (χ4v) is 9.07. The summed E-state index contributed by atoms with van der Waals surface area (Å²) in [5, 5.41) is 54.7. The molecule has 1 saturated heterocycles. The van der Waals surface area contributed by atoms with E-state index in [0.717, 1.165) is 70.6 Å². The number of ether oxygens (including phenoxy) is 2. The zero-order valence-corrected chi connectivity index (χ0v) is 44.6. The summed E-state index contributed by atoms with van der Waals surface area (Å²) < 4.78 is 11.3. The minimum absolute atomic E-state index is 0.140. The van der Waals surface area contributed by atoms with Crippen LogP contribution in [-0.2, 0) is 14.3 Å². The highest BCUT2D eigenvalue weighted by molar-refractivity contribution is 5.76. The number of hydrogen-bond donors (Lipinski definition) is 6. The molecule has 0 spiro atoms. The van der Waals surface area contributed by atoms with Crippen LogP contribution in [0.3, 0.4) is 0 Å². The molecular weight excluding hydrogens is 863 g/mol. The first-order chi connectivity index (χ1) is 33.8. The molecule has 1 fully saturated rings. The van der Waals surface area contributed by atoms with Crippen LogP contribution in [0.5, 0.6) is 0 Å². The van der Waals surface area contributed by atoms with Gasteiger partial charge in [0.2, 0.25) is 5.91 Å². The number of amides is 1. The molecule has 0 aromatic carbocycles. The molecule has 9 nitrogen and oxygen atoms in total. The van der Waals surface area contributed by atoms with Gasteiger partial charge in [-0.05, 0) is 57.8 Å². The Morgan fingerprint density at radius 1 is 0.507 bits per heavy atom. The molecule has 0 saturated carbocycles. The Labute approximate surface area is 424 Å². The summed E-state index contributed by atoms with van der Waals surface area (Å²) in [6.07, 6.45) is 59.5. The predicted molar refractivity (Wildman–Crippen MR) is 290 cm³/mol. The standard InChI is InChI=1S/C60H109NO8/c1-3-5-7-9-11-13-15-17-19-21-23-24-25-26-27-28-29-30-32-34-36-38-40-42-44-46-48-50-56(64)61-53(52-68-60-59(67)58(66)57(65)55(51-62)69-60)54(63)49-47-45-43-41-39-37-35-33-31-22-20-18-16-14-12-10-8-6-4-2/h5,7,11,13,17,19,23-24,26-27,53-55,57-60,62-63,65-67H,3-4,6,8-10,12,14-16,18,20-22,25,28-52H2,1-2H3,(H,61,64)/b7-5-,13-11-,19-17-,24-23-,27-26-. The van der Waals surface area contributed by atoms with E-state index in [1.165, 1.54) is 161 Å². The van der Waals surface area contributed by atoms with Crippen LogP contribution < -0.4 is 5.32 Å². The Morgan fingerprint density at radius 3 is 1.33 bits per heavy atom. The van der Waals surface area contributed by atoms with Crippen molar-refractivity contribution >= 4 is 5.91 Å². The average Bonchev–Trinajstić information content (AvgIpc) is 3.35. The molecule has 0 radical (unpaired) electrons. The predicted octanol–water partition coefficient (Wildman–Crippen LogP) is 14.3. The normalized spacial score (nSPS) is 19.9. The number of unbranched alkanes of at least 4 members (excludes halogenated alkanes) is 29. The maximum atomic E-state index is 13.1. The zero-order chi connectivity index (χ0) is 50.1. The third-order valence-corrected chi connectivity index (χ3v) is 13.6. The van der Waals surface area contributed by atoms with Crippen molar-refractivity contribution in [2.45, 2.75) is 301 Å². The Kier molecular flexibility index (Phi) is 46.5. The van der Waals surface area contributed by atoms with Gasteiger partial charge in [0.1, 0.15) is 24.4 Å². The van der Waals surface area contributed by atoms with Crippen molar-refractivity contribution in [2.24, 2.45) is 0 Å². The number of nitrogens with one attached hydrogen (secondary N) is 1. The number of rotatable bonds is 49. The lowest BCUT2D eigenvalue weighted by atomic mass is 9.99. The number of aliphatic hydroxyl groups excluding tert-OH is 5. The molecule has 7 unspecified atom stereocenters. The lowest BCUT2D eigenvalue weighted by Gasteiger charge is -2.40. The van der Waals surface area contributed by atoms with Gasteiger partial charge in [-0.15, -0.1) is 0 Å². The summed E-state index contributed by atoms with van der Waals surface area (Å²) in [4.78, 5) is 13.1. The molecule has 1 rings (SSSR count). The van der Waals surface area contributed by atoms with Crippen LogP contribution in [0.1, 0.15) is 258 Å². The van der Waals surface area contributed by atoms with Crippen molar-refractivity contribution in [3.05, 3.63) is 60.8 Å². The fourth-order valence-electron chi connectivity index (χ4n) is 9.07. The smallest absolute Gasteiger partial charge is 0.220 e. The molecule has 402 valence electrons. The minimum atomic E-state index is -1.56. The molecule has 1 amide bonds. The SMILES string of the molecule is CC/C=C\C/C=C\C/C=C\C/C=C\C/C=C\CCCCCCCCCCCCCC(=O)NC(COC1OC(CO)C(O)C(O)C1O)C(O)CCCCCCCCCCCCCCCCCCCCC. The van der Waals surface area contributed by atoms with Crippen molar-refractivity contribution in [3.8, 4) is 0 Å². The molecule has 0 aromatic heterocycles. The van der Waals surface area contributed by atoms with Gasteiger partial charge in [0, 0.05) is 6.42 Å². The Balaban J connectivity index is 2.20. The maximum Gasteiger partial charge on any atom is 0.220 e. The molecule has 9 heteroatoms. The summed E-state index contributed by atoms with van der Waals surface area (Å²) in [5.41, 5.74) is 0. The summed E-state index contributed by atoms with van der Waals surface area (Å²) in [7, 11) is 0. The molecule has 0 bridgehead atoms. The Hall–Kier alpha value is -2.11. The monoisotopic (exact) mass is 972 g/mol. The Morgan fingerprint density at radius 2 is 0.899 bits per heavy atom. The van der Waals surface area contributed by atoms with E-state index in [4.69, 9.17) is 9.47 Å². The summed E-state index contributed by atoms with van der Waals surface area (Å²) in [6.45, 7) is 3.74. The van der Waals surface area contributed by atoms with Crippen LogP contribution in [0.4, 0.5) is 0 Å². The number of hydrogen-bond acceptors (Lipinski definition) is 8. The molecule has 1 aliphatic rings. The molecule has 0 aromatic rings.